The second-order valence-electron chi connectivity index (χ2n) is 5.71. The Balaban J connectivity index is 2.74. The van der Waals surface area contributed by atoms with E-state index in [1.165, 1.54) is 6.07 Å². The van der Waals surface area contributed by atoms with Crippen molar-refractivity contribution in [1.82, 2.24) is 4.90 Å². The van der Waals surface area contributed by atoms with Crippen LogP contribution in [0.2, 0.25) is 0 Å². The second kappa shape index (κ2) is 5.49. The maximum Gasteiger partial charge on any atom is 0.137 e. The summed E-state index contributed by atoms with van der Waals surface area (Å²) in [6.07, 6.45) is 0. The maximum atomic E-state index is 13.1. The van der Waals surface area contributed by atoms with Gasteiger partial charge in [0.2, 0.25) is 0 Å². The molecule has 1 aromatic carbocycles. The Morgan fingerprint density at radius 3 is 2.41 bits per heavy atom. The fourth-order valence-electron chi connectivity index (χ4n) is 1.72. The van der Waals surface area contributed by atoms with Crippen molar-refractivity contribution in [2.75, 3.05) is 7.05 Å². The van der Waals surface area contributed by atoms with Gasteiger partial charge in [0.15, 0.2) is 0 Å². The monoisotopic (exact) mass is 301 g/mol. The quantitative estimate of drug-likeness (QED) is 0.797. The van der Waals surface area contributed by atoms with E-state index in [-0.39, 0.29) is 11.2 Å². The summed E-state index contributed by atoms with van der Waals surface area (Å²) in [4.78, 5) is 2.29. The fourth-order valence-corrected chi connectivity index (χ4v) is 2.15. The third-order valence-corrected chi connectivity index (χ3v) is 3.94. The third kappa shape index (κ3) is 4.07. The van der Waals surface area contributed by atoms with E-state index in [2.05, 4.69) is 55.6 Å². The van der Waals surface area contributed by atoms with Gasteiger partial charge < -0.3 is 0 Å². The van der Waals surface area contributed by atoms with Crippen molar-refractivity contribution in [1.29, 1.82) is 0 Å². The summed E-state index contributed by atoms with van der Waals surface area (Å²) in [6.45, 7) is 9.74. The van der Waals surface area contributed by atoms with Gasteiger partial charge in [0.05, 0.1) is 4.47 Å². The lowest BCUT2D eigenvalue weighted by Gasteiger charge is -2.35. The molecule has 0 amide bonds. The van der Waals surface area contributed by atoms with Crippen LogP contribution in [0.15, 0.2) is 22.7 Å². The predicted molar refractivity (Wildman–Crippen MR) is 74.5 cm³/mol. The highest BCUT2D eigenvalue weighted by atomic mass is 79.9. The van der Waals surface area contributed by atoms with Crippen LogP contribution in [-0.2, 0) is 6.54 Å². The van der Waals surface area contributed by atoms with Crippen LogP contribution >= 0.6 is 15.9 Å². The van der Waals surface area contributed by atoms with Crippen molar-refractivity contribution >= 4 is 15.9 Å². The molecular formula is C14H21BrFN. The van der Waals surface area contributed by atoms with E-state index in [4.69, 9.17) is 0 Å². The topological polar surface area (TPSA) is 3.24 Å². The molecule has 0 spiro atoms. The summed E-state index contributed by atoms with van der Waals surface area (Å²) in [6, 6.07) is 5.66. The highest BCUT2D eigenvalue weighted by Crippen LogP contribution is 2.25. The Hall–Kier alpha value is -0.410. The number of hydrogen-bond donors (Lipinski definition) is 0. The van der Waals surface area contributed by atoms with Crippen LogP contribution in [0.3, 0.4) is 0 Å². The Morgan fingerprint density at radius 2 is 1.94 bits per heavy atom. The average Bonchev–Trinajstić information content (AvgIpc) is 2.21. The first-order valence-corrected chi connectivity index (χ1v) is 6.65. The largest absolute Gasteiger partial charge is 0.299 e. The van der Waals surface area contributed by atoms with Crippen molar-refractivity contribution in [3.63, 3.8) is 0 Å². The van der Waals surface area contributed by atoms with Gasteiger partial charge in [-0.15, -0.1) is 0 Å². The smallest absolute Gasteiger partial charge is 0.137 e. The highest BCUT2D eigenvalue weighted by molar-refractivity contribution is 9.10. The first-order chi connectivity index (χ1) is 7.71. The molecule has 0 aliphatic heterocycles. The lowest BCUT2D eigenvalue weighted by Crippen LogP contribution is -2.38. The normalized spacial score (nSPS) is 14.1. The van der Waals surface area contributed by atoms with E-state index in [1.807, 2.05) is 12.1 Å². The summed E-state index contributed by atoms with van der Waals surface area (Å²) in [5.74, 6) is -0.208. The van der Waals surface area contributed by atoms with Gasteiger partial charge >= 0.3 is 0 Å². The van der Waals surface area contributed by atoms with Gasteiger partial charge in [0.25, 0.3) is 0 Å². The standard InChI is InChI=1S/C14H21BrFN/c1-10(14(2,3)4)17(5)9-11-6-7-13(16)12(15)8-11/h6-8,10H,9H2,1-5H3. The molecule has 96 valence electrons. The van der Waals surface area contributed by atoms with E-state index in [0.29, 0.717) is 10.5 Å². The van der Waals surface area contributed by atoms with E-state index in [0.717, 1.165) is 12.1 Å². The molecule has 3 heteroatoms. The minimum atomic E-state index is -0.208. The van der Waals surface area contributed by atoms with Gasteiger partial charge in [-0.1, -0.05) is 26.8 Å². The van der Waals surface area contributed by atoms with Crippen LogP contribution < -0.4 is 0 Å². The first kappa shape index (κ1) is 14.7. The highest BCUT2D eigenvalue weighted by Gasteiger charge is 2.23. The molecule has 17 heavy (non-hydrogen) atoms. The van der Waals surface area contributed by atoms with Gasteiger partial charge in [-0.05, 0) is 53.0 Å². The number of halogens is 2. The fraction of sp³-hybridized carbons (Fsp3) is 0.571. The van der Waals surface area contributed by atoms with Crippen LogP contribution in [0.25, 0.3) is 0 Å². The molecule has 0 fully saturated rings. The van der Waals surface area contributed by atoms with Crippen molar-refractivity contribution in [3.05, 3.63) is 34.1 Å². The number of hydrogen-bond acceptors (Lipinski definition) is 1. The molecule has 0 aliphatic carbocycles. The summed E-state index contributed by atoms with van der Waals surface area (Å²) in [7, 11) is 2.10. The average molecular weight is 302 g/mol. The summed E-state index contributed by atoms with van der Waals surface area (Å²) in [5, 5.41) is 0. The molecule has 1 unspecified atom stereocenters. The predicted octanol–water partition coefficient (Wildman–Crippen LogP) is 4.45. The molecule has 0 saturated carbocycles. The van der Waals surface area contributed by atoms with Gasteiger partial charge in [0, 0.05) is 12.6 Å². The molecule has 0 aromatic heterocycles. The molecule has 1 atom stereocenters. The lowest BCUT2D eigenvalue weighted by atomic mass is 9.87. The van der Waals surface area contributed by atoms with Crippen LogP contribution in [0.4, 0.5) is 4.39 Å². The second-order valence-corrected chi connectivity index (χ2v) is 6.56. The number of nitrogens with zero attached hydrogens (tertiary/aromatic N) is 1. The SMILES string of the molecule is CC(N(C)Cc1ccc(F)c(Br)c1)C(C)(C)C. The molecule has 0 aliphatic rings. The van der Waals surface area contributed by atoms with Gasteiger partial charge in [-0.3, -0.25) is 4.90 Å². The molecule has 0 radical (unpaired) electrons. The minimum absolute atomic E-state index is 0.208. The molecule has 1 rings (SSSR count). The molecular weight excluding hydrogens is 281 g/mol. The maximum absolute atomic E-state index is 13.1. The zero-order valence-electron chi connectivity index (χ0n) is 11.2. The van der Waals surface area contributed by atoms with Crippen molar-refractivity contribution in [2.24, 2.45) is 5.41 Å². The summed E-state index contributed by atoms with van der Waals surface area (Å²) in [5.41, 5.74) is 1.36. The molecule has 0 saturated heterocycles. The van der Waals surface area contributed by atoms with Crippen molar-refractivity contribution in [2.45, 2.75) is 40.3 Å². The van der Waals surface area contributed by atoms with Gasteiger partial charge in [0.1, 0.15) is 5.82 Å². The Kier molecular flexibility index (Phi) is 4.73. The number of rotatable bonds is 3. The molecule has 1 nitrogen and oxygen atoms in total. The van der Waals surface area contributed by atoms with E-state index >= 15 is 0 Å². The van der Waals surface area contributed by atoms with Crippen LogP contribution in [0, 0.1) is 11.2 Å². The van der Waals surface area contributed by atoms with E-state index < -0.39 is 0 Å². The summed E-state index contributed by atoms with van der Waals surface area (Å²) < 4.78 is 13.7. The molecule has 0 N–H and O–H groups in total. The zero-order valence-corrected chi connectivity index (χ0v) is 12.8. The molecule has 0 heterocycles. The van der Waals surface area contributed by atoms with E-state index in [9.17, 15) is 4.39 Å². The van der Waals surface area contributed by atoms with E-state index in [1.54, 1.807) is 0 Å². The van der Waals surface area contributed by atoms with Crippen LogP contribution in [0.1, 0.15) is 33.3 Å². The third-order valence-electron chi connectivity index (χ3n) is 3.33. The Bertz CT molecular complexity index is 384. The minimum Gasteiger partial charge on any atom is -0.299 e. The van der Waals surface area contributed by atoms with Gasteiger partial charge in [-0.2, -0.15) is 0 Å². The van der Waals surface area contributed by atoms with Crippen molar-refractivity contribution in [3.8, 4) is 0 Å². The first-order valence-electron chi connectivity index (χ1n) is 5.86. The van der Waals surface area contributed by atoms with Crippen LogP contribution in [-0.4, -0.2) is 18.0 Å². The summed E-state index contributed by atoms with van der Waals surface area (Å²) >= 11 is 3.22. The Morgan fingerprint density at radius 1 is 1.35 bits per heavy atom. The molecule has 0 bridgehead atoms. The number of benzene rings is 1. The van der Waals surface area contributed by atoms with Crippen LogP contribution in [0.5, 0.6) is 0 Å². The van der Waals surface area contributed by atoms with Gasteiger partial charge in [-0.25, -0.2) is 4.39 Å². The van der Waals surface area contributed by atoms with Crippen molar-refractivity contribution < 1.29 is 4.39 Å². The zero-order chi connectivity index (χ0) is 13.2. The lowest BCUT2D eigenvalue weighted by molar-refractivity contribution is 0.134. The molecule has 1 aromatic rings. The Labute approximate surface area is 112 Å².